The summed E-state index contributed by atoms with van der Waals surface area (Å²) in [5.74, 6) is -0.943. The molecule has 1 aromatic heterocycles. The normalized spacial score (nSPS) is 18.4. The van der Waals surface area contributed by atoms with Gasteiger partial charge in [-0.05, 0) is 31.4 Å². The van der Waals surface area contributed by atoms with Gasteiger partial charge >= 0.3 is 12.0 Å². The molecule has 2 N–H and O–H groups in total. The Hall–Kier alpha value is -2.11. The molecule has 6 heteroatoms. The van der Waals surface area contributed by atoms with Gasteiger partial charge < -0.3 is 15.3 Å². The first-order chi connectivity index (χ1) is 9.09. The van der Waals surface area contributed by atoms with E-state index >= 15 is 0 Å². The molecular weight excluding hydrogens is 246 g/mol. The van der Waals surface area contributed by atoms with Crippen LogP contribution >= 0.6 is 0 Å². The minimum absolute atomic E-state index is 0.314. The molecule has 2 amide bonds. The van der Waals surface area contributed by atoms with Gasteiger partial charge in [-0.2, -0.15) is 0 Å². The van der Waals surface area contributed by atoms with E-state index in [0.717, 1.165) is 17.7 Å². The van der Waals surface area contributed by atoms with E-state index in [-0.39, 0.29) is 6.03 Å². The highest BCUT2D eigenvalue weighted by Gasteiger charge is 2.33. The van der Waals surface area contributed by atoms with Crippen molar-refractivity contribution >= 4 is 12.0 Å². The first-order valence-corrected chi connectivity index (χ1v) is 6.27. The van der Waals surface area contributed by atoms with Gasteiger partial charge in [-0.1, -0.05) is 6.07 Å². The van der Waals surface area contributed by atoms with E-state index in [4.69, 9.17) is 5.11 Å². The van der Waals surface area contributed by atoms with Crippen LogP contribution in [0.5, 0.6) is 0 Å². The van der Waals surface area contributed by atoms with Gasteiger partial charge in [-0.25, -0.2) is 9.59 Å². The molecule has 2 heterocycles. The molecule has 1 saturated heterocycles. The van der Waals surface area contributed by atoms with Crippen molar-refractivity contribution in [1.82, 2.24) is 15.2 Å². The van der Waals surface area contributed by atoms with E-state index in [1.165, 1.54) is 4.90 Å². The van der Waals surface area contributed by atoms with Crippen molar-refractivity contribution in [3.63, 3.8) is 0 Å². The first-order valence-electron chi connectivity index (χ1n) is 6.27. The SMILES string of the molecule is Cc1cccnc1CNC(=O)N1CCC[C@@H]1C(=O)O. The third-order valence-corrected chi connectivity index (χ3v) is 3.32. The molecule has 0 unspecified atom stereocenters. The fourth-order valence-electron chi connectivity index (χ4n) is 2.23. The molecule has 102 valence electrons. The predicted molar refractivity (Wildman–Crippen MR) is 68.6 cm³/mol. The zero-order valence-corrected chi connectivity index (χ0v) is 10.8. The van der Waals surface area contributed by atoms with Crippen LogP contribution in [-0.4, -0.2) is 39.6 Å². The number of nitrogens with one attached hydrogen (secondary N) is 1. The van der Waals surface area contributed by atoms with E-state index in [1.54, 1.807) is 6.20 Å². The molecule has 1 atom stereocenters. The summed E-state index contributed by atoms with van der Waals surface area (Å²) in [4.78, 5) is 28.5. The van der Waals surface area contributed by atoms with Crippen LogP contribution in [0.15, 0.2) is 18.3 Å². The van der Waals surface area contributed by atoms with Gasteiger partial charge in [0.1, 0.15) is 6.04 Å². The number of hydrogen-bond acceptors (Lipinski definition) is 3. The van der Waals surface area contributed by atoms with Crippen LogP contribution in [0, 0.1) is 6.92 Å². The number of pyridine rings is 1. The van der Waals surface area contributed by atoms with Crippen LogP contribution in [0.3, 0.4) is 0 Å². The number of carboxylic acids is 1. The number of carboxylic acid groups (broad SMARTS) is 1. The van der Waals surface area contributed by atoms with Gasteiger partial charge in [0.05, 0.1) is 12.2 Å². The predicted octanol–water partition coefficient (Wildman–Crippen LogP) is 1.15. The van der Waals surface area contributed by atoms with E-state index in [9.17, 15) is 9.59 Å². The average Bonchev–Trinajstić information content (AvgIpc) is 2.87. The Labute approximate surface area is 111 Å². The van der Waals surface area contributed by atoms with Crippen molar-refractivity contribution in [3.8, 4) is 0 Å². The lowest BCUT2D eigenvalue weighted by Crippen LogP contribution is -2.45. The van der Waals surface area contributed by atoms with E-state index in [0.29, 0.717) is 19.5 Å². The van der Waals surface area contributed by atoms with Crippen LogP contribution in [0.1, 0.15) is 24.1 Å². The molecule has 6 nitrogen and oxygen atoms in total. The molecule has 1 aromatic rings. The molecule has 2 rings (SSSR count). The number of aromatic nitrogens is 1. The Bertz CT molecular complexity index is 490. The molecule has 1 aliphatic rings. The van der Waals surface area contributed by atoms with Crippen molar-refractivity contribution < 1.29 is 14.7 Å². The minimum Gasteiger partial charge on any atom is -0.480 e. The minimum atomic E-state index is -0.943. The van der Waals surface area contributed by atoms with Crippen molar-refractivity contribution in [2.75, 3.05) is 6.54 Å². The quantitative estimate of drug-likeness (QED) is 0.857. The number of nitrogens with zero attached hydrogens (tertiary/aromatic N) is 2. The third kappa shape index (κ3) is 3.01. The molecular formula is C13H17N3O3. The fraction of sp³-hybridized carbons (Fsp3) is 0.462. The maximum Gasteiger partial charge on any atom is 0.326 e. The van der Waals surface area contributed by atoms with Crippen LogP contribution in [0.2, 0.25) is 0 Å². The second kappa shape index (κ2) is 5.69. The summed E-state index contributed by atoms with van der Waals surface area (Å²) in [5.41, 5.74) is 1.79. The maximum absolute atomic E-state index is 12.0. The highest BCUT2D eigenvalue weighted by Crippen LogP contribution is 2.17. The van der Waals surface area contributed by atoms with E-state index < -0.39 is 12.0 Å². The zero-order valence-electron chi connectivity index (χ0n) is 10.8. The van der Waals surface area contributed by atoms with Crippen LogP contribution < -0.4 is 5.32 Å². The smallest absolute Gasteiger partial charge is 0.326 e. The van der Waals surface area contributed by atoms with Gasteiger partial charge in [0.15, 0.2) is 0 Å². The second-order valence-electron chi connectivity index (χ2n) is 4.62. The highest BCUT2D eigenvalue weighted by atomic mass is 16.4. The van der Waals surface area contributed by atoms with Crippen molar-refractivity contribution in [2.45, 2.75) is 32.4 Å². The number of likely N-dealkylation sites (tertiary alicyclic amines) is 1. The van der Waals surface area contributed by atoms with Crippen LogP contribution in [0.25, 0.3) is 0 Å². The lowest BCUT2D eigenvalue weighted by molar-refractivity contribution is -0.141. The van der Waals surface area contributed by atoms with Gasteiger partial charge in [0, 0.05) is 12.7 Å². The summed E-state index contributed by atoms with van der Waals surface area (Å²) in [6.07, 6.45) is 2.92. The average molecular weight is 263 g/mol. The standard InChI is InChI=1S/C13H17N3O3/c1-9-4-2-6-14-10(9)8-15-13(19)16-7-3-5-11(16)12(17)18/h2,4,6,11H,3,5,7-8H2,1H3,(H,15,19)(H,17,18)/t11-/m1/s1. The van der Waals surface area contributed by atoms with Gasteiger partial charge in [-0.15, -0.1) is 0 Å². The van der Waals surface area contributed by atoms with Crippen molar-refractivity contribution in [3.05, 3.63) is 29.6 Å². The number of carbonyl (C=O) groups is 2. The maximum atomic E-state index is 12.0. The lowest BCUT2D eigenvalue weighted by atomic mass is 10.2. The molecule has 0 aromatic carbocycles. The molecule has 1 fully saturated rings. The molecule has 0 bridgehead atoms. The van der Waals surface area contributed by atoms with Crippen LogP contribution in [-0.2, 0) is 11.3 Å². The Balaban J connectivity index is 1.95. The number of aliphatic carboxylic acids is 1. The summed E-state index contributed by atoms with van der Waals surface area (Å²) in [6.45, 7) is 2.72. The molecule has 0 saturated carbocycles. The lowest BCUT2D eigenvalue weighted by Gasteiger charge is -2.21. The first kappa shape index (κ1) is 13.3. The monoisotopic (exact) mass is 263 g/mol. The summed E-state index contributed by atoms with van der Waals surface area (Å²) in [5, 5.41) is 11.8. The Morgan fingerprint density at radius 1 is 1.58 bits per heavy atom. The number of carbonyl (C=O) groups excluding carboxylic acids is 1. The largest absolute Gasteiger partial charge is 0.480 e. The topological polar surface area (TPSA) is 82.5 Å². The summed E-state index contributed by atoms with van der Waals surface area (Å²) in [6, 6.07) is 2.71. The zero-order chi connectivity index (χ0) is 13.8. The van der Waals surface area contributed by atoms with E-state index in [2.05, 4.69) is 10.3 Å². The molecule has 19 heavy (non-hydrogen) atoms. The summed E-state index contributed by atoms with van der Waals surface area (Å²) in [7, 11) is 0. The van der Waals surface area contributed by atoms with Gasteiger partial charge in [0.25, 0.3) is 0 Å². The number of aryl methyl sites for hydroxylation is 1. The Kier molecular flexibility index (Phi) is 3.99. The fourth-order valence-corrected chi connectivity index (χ4v) is 2.23. The van der Waals surface area contributed by atoms with Crippen molar-refractivity contribution in [1.29, 1.82) is 0 Å². The summed E-state index contributed by atoms with van der Waals surface area (Å²) < 4.78 is 0. The number of amides is 2. The van der Waals surface area contributed by atoms with Crippen molar-refractivity contribution in [2.24, 2.45) is 0 Å². The van der Waals surface area contributed by atoms with Crippen LogP contribution in [0.4, 0.5) is 4.79 Å². The Morgan fingerprint density at radius 2 is 2.37 bits per heavy atom. The number of urea groups is 1. The van der Waals surface area contributed by atoms with Gasteiger partial charge in [-0.3, -0.25) is 4.98 Å². The highest BCUT2D eigenvalue weighted by molar-refractivity contribution is 5.83. The number of rotatable bonds is 3. The Morgan fingerprint density at radius 3 is 3.05 bits per heavy atom. The summed E-state index contributed by atoms with van der Waals surface area (Å²) >= 11 is 0. The molecule has 0 spiro atoms. The molecule has 0 aliphatic carbocycles. The second-order valence-corrected chi connectivity index (χ2v) is 4.62. The van der Waals surface area contributed by atoms with Gasteiger partial charge in [0.2, 0.25) is 0 Å². The molecule has 0 radical (unpaired) electrons. The number of hydrogen-bond donors (Lipinski definition) is 2. The van der Waals surface area contributed by atoms with E-state index in [1.807, 2.05) is 19.1 Å². The molecule has 1 aliphatic heterocycles. The third-order valence-electron chi connectivity index (χ3n) is 3.32.